The Kier molecular flexibility index (Phi) is 27.4. The number of rotatable bonds is 28. The lowest BCUT2D eigenvalue weighted by Crippen LogP contribution is -2.55. The number of unbranched alkanes of at least 4 members (excludes halogenated alkanes) is 1. The van der Waals surface area contributed by atoms with Crippen LogP contribution in [0.2, 0.25) is 18.1 Å². The molecule has 0 aromatic heterocycles. The molecule has 0 rings (SSSR count). The van der Waals surface area contributed by atoms with E-state index in [4.69, 9.17) is 4.43 Å². The number of amides is 3. The summed E-state index contributed by atoms with van der Waals surface area (Å²) in [5, 5.41) is 18.5. The average molecular weight is 752 g/mol. The standard InChI is InChI=1S/C39H69N3O5S2Si/c1-9-10-11-12-13-14-15-16-17-18-19-20-21-22-23-24-25-26-34(44)40-29-31-48-49-32-30-41-35(45)27-28-42-37(46)36(39(5,6)33-43)47-50(7,8)38(2,3)4/h10-11,13-14,16-17,19-20,22-23,36,43H,9,12,15,18,21,24-33H2,1-8H3,(H,40,44)(H,41,45)(H,42,46)/b11-10-,14-13-,17-16-,20-19-,23-22-/t36-/m0/s1. The first-order valence-corrected chi connectivity index (χ1v) is 23.7. The smallest absolute Gasteiger partial charge is 0.248 e. The maximum Gasteiger partial charge on any atom is 0.248 e. The molecule has 11 heteroatoms. The van der Waals surface area contributed by atoms with Crippen LogP contribution in [0.5, 0.6) is 0 Å². The van der Waals surface area contributed by atoms with Crippen molar-refractivity contribution in [1.82, 2.24) is 16.0 Å². The summed E-state index contributed by atoms with van der Waals surface area (Å²) in [4.78, 5) is 37.4. The van der Waals surface area contributed by atoms with E-state index in [0.29, 0.717) is 19.5 Å². The molecule has 4 N–H and O–H groups in total. The number of nitrogens with one attached hydrogen (secondary N) is 3. The van der Waals surface area contributed by atoms with Gasteiger partial charge in [0.15, 0.2) is 8.32 Å². The molecule has 8 nitrogen and oxygen atoms in total. The van der Waals surface area contributed by atoms with Crippen molar-refractivity contribution in [3.8, 4) is 0 Å². The molecule has 0 radical (unpaired) electrons. The first-order valence-electron chi connectivity index (χ1n) is 18.3. The maximum absolute atomic E-state index is 13.0. The maximum atomic E-state index is 13.0. The van der Waals surface area contributed by atoms with Crippen molar-refractivity contribution in [3.63, 3.8) is 0 Å². The summed E-state index contributed by atoms with van der Waals surface area (Å²) in [7, 11) is 1.06. The van der Waals surface area contributed by atoms with Crippen molar-refractivity contribution < 1.29 is 23.9 Å². The number of hydrogen-bond donors (Lipinski definition) is 4. The van der Waals surface area contributed by atoms with Gasteiger partial charge in [0.1, 0.15) is 6.10 Å². The van der Waals surface area contributed by atoms with Crippen molar-refractivity contribution >= 4 is 47.6 Å². The van der Waals surface area contributed by atoms with E-state index in [1.807, 2.05) is 13.8 Å². The second-order valence-electron chi connectivity index (χ2n) is 14.4. The molecule has 1 atom stereocenters. The van der Waals surface area contributed by atoms with Crippen LogP contribution in [0.1, 0.15) is 99.3 Å². The van der Waals surface area contributed by atoms with E-state index in [-0.39, 0.29) is 42.3 Å². The molecule has 0 spiro atoms. The van der Waals surface area contributed by atoms with Crippen molar-refractivity contribution in [1.29, 1.82) is 0 Å². The fourth-order valence-electron chi connectivity index (χ4n) is 4.02. The molecular weight excluding hydrogens is 683 g/mol. The lowest BCUT2D eigenvalue weighted by atomic mass is 9.87. The Labute approximate surface area is 313 Å². The first kappa shape index (κ1) is 47.9. The Balaban J connectivity index is 3.92. The number of aliphatic hydroxyl groups excluding tert-OH is 1. The van der Waals surface area contributed by atoms with Gasteiger partial charge in [0, 0.05) is 49.4 Å². The van der Waals surface area contributed by atoms with Crippen LogP contribution in [0, 0.1) is 5.41 Å². The Morgan fingerprint density at radius 1 is 0.700 bits per heavy atom. The molecule has 0 fully saturated rings. The zero-order chi connectivity index (χ0) is 37.7. The van der Waals surface area contributed by atoms with E-state index in [1.54, 1.807) is 21.6 Å². The van der Waals surface area contributed by atoms with Gasteiger partial charge in [0.25, 0.3) is 0 Å². The van der Waals surface area contributed by atoms with Gasteiger partial charge in [0.05, 0.1) is 6.61 Å². The van der Waals surface area contributed by atoms with Crippen LogP contribution in [0.15, 0.2) is 60.8 Å². The minimum atomic E-state index is -2.26. The summed E-state index contributed by atoms with van der Waals surface area (Å²) in [6.45, 7) is 17.4. The minimum Gasteiger partial charge on any atom is -0.404 e. The molecule has 0 bridgehead atoms. The molecule has 286 valence electrons. The van der Waals surface area contributed by atoms with Crippen molar-refractivity contribution in [2.75, 3.05) is 37.7 Å². The van der Waals surface area contributed by atoms with Crippen LogP contribution in [0.25, 0.3) is 0 Å². The molecule has 0 aromatic carbocycles. The van der Waals surface area contributed by atoms with Crippen molar-refractivity contribution in [2.45, 2.75) is 124 Å². The van der Waals surface area contributed by atoms with Gasteiger partial charge in [-0.05, 0) is 63.1 Å². The molecule has 0 aromatic rings. The third-order valence-electron chi connectivity index (χ3n) is 8.26. The van der Waals surface area contributed by atoms with Gasteiger partial charge in [-0.3, -0.25) is 14.4 Å². The highest BCUT2D eigenvalue weighted by molar-refractivity contribution is 8.76. The van der Waals surface area contributed by atoms with Crippen molar-refractivity contribution in [2.24, 2.45) is 5.41 Å². The fourth-order valence-corrected chi connectivity index (χ4v) is 7.20. The topological polar surface area (TPSA) is 117 Å². The predicted molar refractivity (Wildman–Crippen MR) is 220 cm³/mol. The van der Waals surface area contributed by atoms with Gasteiger partial charge < -0.3 is 25.5 Å². The van der Waals surface area contributed by atoms with Gasteiger partial charge >= 0.3 is 0 Å². The van der Waals surface area contributed by atoms with E-state index in [2.05, 4.69) is 117 Å². The van der Waals surface area contributed by atoms with Crippen LogP contribution in [0.4, 0.5) is 0 Å². The predicted octanol–water partition coefficient (Wildman–Crippen LogP) is 8.44. The number of carbonyl (C=O) groups excluding carboxylic acids is 3. The average Bonchev–Trinajstić information content (AvgIpc) is 3.05. The molecule has 0 heterocycles. The van der Waals surface area contributed by atoms with Crippen LogP contribution in [-0.4, -0.2) is 75.0 Å². The molecule has 0 aliphatic heterocycles. The summed E-state index contributed by atoms with van der Waals surface area (Å²) >= 11 is 0. The first-order chi connectivity index (χ1) is 23.7. The van der Waals surface area contributed by atoms with Crippen LogP contribution >= 0.6 is 21.6 Å². The summed E-state index contributed by atoms with van der Waals surface area (Å²) < 4.78 is 6.40. The second kappa shape index (κ2) is 28.5. The molecule has 50 heavy (non-hydrogen) atoms. The monoisotopic (exact) mass is 751 g/mol. The van der Waals surface area contributed by atoms with E-state index in [1.165, 1.54) is 0 Å². The minimum absolute atomic E-state index is 0.0834. The quantitative estimate of drug-likeness (QED) is 0.0275. The number of carbonyl (C=O) groups is 3. The van der Waals surface area contributed by atoms with Crippen LogP contribution in [0.3, 0.4) is 0 Å². The molecule has 0 aliphatic rings. The Bertz CT molecular complexity index is 1100. The highest BCUT2D eigenvalue weighted by Gasteiger charge is 2.45. The van der Waals surface area contributed by atoms with Gasteiger partial charge in [-0.1, -0.05) is 124 Å². The van der Waals surface area contributed by atoms with E-state index >= 15 is 0 Å². The normalized spacial score (nSPS) is 13.7. The molecule has 0 saturated heterocycles. The zero-order valence-corrected chi connectivity index (χ0v) is 35.0. The summed E-state index contributed by atoms with van der Waals surface area (Å²) in [5.41, 5.74) is -0.753. The fraction of sp³-hybridized carbons (Fsp3) is 0.667. The lowest BCUT2D eigenvalue weighted by molar-refractivity contribution is -0.135. The van der Waals surface area contributed by atoms with Gasteiger partial charge in [-0.2, -0.15) is 0 Å². The van der Waals surface area contributed by atoms with Gasteiger partial charge in [0.2, 0.25) is 17.7 Å². The number of hydrogen-bond acceptors (Lipinski definition) is 7. The van der Waals surface area contributed by atoms with Gasteiger partial charge in [-0.15, -0.1) is 0 Å². The van der Waals surface area contributed by atoms with Crippen LogP contribution in [-0.2, 0) is 18.8 Å². The molecule has 0 aliphatic carbocycles. The highest BCUT2D eigenvalue weighted by atomic mass is 33.1. The molecule has 0 saturated carbocycles. The Hall–Kier alpha value is -2.05. The third-order valence-corrected chi connectivity index (χ3v) is 15.1. The lowest BCUT2D eigenvalue weighted by Gasteiger charge is -2.43. The van der Waals surface area contributed by atoms with E-state index < -0.39 is 19.8 Å². The molecular formula is C39H69N3O5S2Si. The second-order valence-corrected chi connectivity index (χ2v) is 21.8. The summed E-state index contributed by atoms with van der Waals surface area (Å²) in [6.07, 6.45) is 28.4. The summed E-state index contributed by atoms with van der Waals surface area (Å²) in [5.74, 6) is 1.20. The Morgan fingerprint density at radius 2 is 1.16 bits per heavy atom. The van der Waals surface area contributed by atoms with Crippen molar-refractivity contribution in [3.05, 3.63) is 60.8 Å². The van der Waals surface area contributed by atoms with Gasteiger partial charge in [-0.25, -0.2) is 0 Å². The third kappa shape index (κ3) is 25.0. The zero-order valence-electron chi connectivity index (χ0n) is 32.4. The number of aliphatic hydroxyl groups is 1. The largest absolute Gasteiger partial charge is 0.404 e. The molecule has 3 amide bonds. The van der Waals surface area contributed by atoms with E-state index in [0.717, 1.165) is 56.5 Å². The van der Waals surface area contributed by atoms with E-state index in [9.17, 15) is 19.5 Å². The Morgan fingerprint density at radius 3 is 1.62 bits per heavy atom. The summed E-state index contributed by atoms with van der Waals surface area (Å²) in [6, 6.07) is 0. The molecule has 0 unspecified atom stereocenters. The van der Waals surface area contributed by atoms with Crippen LogP contribution < -0.4 is 16.0 Å². The number of allylic oxidation sites excluding steroid dienone is 10. The SMILES string of the molecule is CC/C=C\C/C=C\C/C=C\C/C=C\C/C=C\CCCC(=O)NCCSSCCNC(=O)CCNC(=O)[C@H](O[Si](C)(C)C(C)(C)C)C(C)(C)CO. The highest BCUT2D eigenvalue weighted by Crippen LogP contribution is 2.39.